The zero-order valence-corrected chi connectivity index (χ0v) is 14.8. The summed E-state index contributed by atoms with van der Waals surface area (Å²) in [5, 5.41) is 7.64. The molecule has 2 N–H and O–H groups in total. The summed E-state index contributed by atoms with van der Waals surface area (Å²) < 4.78 is 5.60. The van der Waals surface area contributed by atoms with Gasteiger partial charge < -0.3 is 15.1 Å². The smallest absolute Gasteiger partial charge is 0.214 e. The molecule has 0 radical (unpaired) electrons. The molecule has 0 aliphatic heterocycles. The monoisotopic (exact) mass is 337 g/mol. The maximum absolute atomic E-state index is 5.60. The minimum atomic E-state index is 0.498. The van der Waals surface area contributed by atoms with Crippen molar-refractivity contribution in [2.75, 3.05) is 6.54 Å². The van der Waals surface area contributed by atoms with E-state index in [2.05, 4.69) is 31.7 Å². The lowest BCUT2D eigenvalue weighted by Crippen LogP contribution is -2.36. The third-order valence-electron chi connectivity index (χ3n) is 3.97. The van der Waals surface area contributed by atoms with Crippen molar-refractivity contribution in [1.82, 2.24) is 20.6 Å². The van der Waals surface area contributed by atoms with Gasteiger partial charge in [-0.2, -0.15) is 0 Å². The molecule has 0 spiro atoms. The molecule has 0 atom stereocenters. The second kappa shape index (κ2) is 7.79. The van der Waals surface area contributed by atoms with Crippen molar-refractivity contribution >= 4 is 16.9 Å². The normalized spacial score (nSPS) is 11.7. The minimum absolute atomic E-state index is 0.498. The van der Waals surface area contributed by atoms with Gasteiger partial charge in [0.15, 0.2) is 5.96 Å². The van der Waals surface area contributed by atoms with Gasteiger partial charge in [0.1, 0.15) is 5.76 Å². The molecule has 0 aliphatic carbocycles. The Morgan fingerprint density at radius 2 is 2.00 bits per heavy atom. The number of guanidine groups is 1. The molecular formula is C19H23N5O. The number of rotatable bonds is 5. The fourth-order valence-corrected chi connectivity index (χ4v) is 2.57. The summed E-state index contributed by atoms with van der Waals surface area (Å²) in [4.78, 5) is 13.4. The number of nitrogens with one attached hydrogen (secondary N) is 2. The van der Waals surface area contributed by atoms with Crippen molar-refractivity contribution in [3.8, 4) is 0 Å². The topological polar surface area (TPSA) is 75.3 Å². The molecule has 0 aliphatic rings. The molecule has 2 heterocycles. The molecule has 0 bridgehead atoms. The van der Waals surface area contributed by atoms with Crippen molar-refractivity contribution in [1.29, 1.82) is 0 Å². The number of nitrogens with zero attached hydrogens (tertiary/aromatic N) is 3. The number of oxazole rings is 1. The predicted molar refractivity (Wildman–Crippen MR) is 99.4 cm³/mol. The van der Waals surface area contributed by atoms with Crippen LogP contribution >= 0.6 is 0 Å². The number of pyridine rings is 1. The van der Waals surface area contributed by atoms with Crippen LogP contribution in [0.4, 0.5) is 0 Å². The largest absolute Gasteiger partial charge is 0.444 e. The second-order valence-electron chi connectivity index (χ2n) is 5.79. The number of para-hydroxylation sites is 1. The van der Waals surface area contributed by atoms with Crippen LogP contribution in [0.5, 0.6) is 0 Å². The summed E-state index contributed by atoms with van der Waals surface area (Å²) >= 11 is 0. The first-order valence-electron chi connectivity index (χ1n) is 8.45. The number of hydrogen-bond acceptors (Lipinski definition) is 4. The third-order valence-corrected chi connectivity index (χ3v) is 3.97. The molecule has 6 nitrogen and oxygen atoms in total. The zero-order chi connectivity index (χ0) is 17.6. The molecule has 0 unspecified atom stereocenters. The average molecular weight is 337 g/mol. The van der Waals surface area contributed by atoms with Gasteiger partial charge in [0.25, 0.3) is 0 Å². The maximum atomic E-state index is 5.60. The van der Waals surface area contributed by atoms with Crippen LogP contribution in [0.3, 0.4) is 0 Å². The molecule has 3 rings (SSSR count). The average Bonchev–Trinajstić information content (AvgIpc) is 2.95. The first-order valence-corrected chi connectivity index (χ1v) is 8.45. The molecule has 2 aromatic heterocycles. The highest BCUT2D eigenvalue weighted by Crippen LogP contribution is 2.16. The molecule has 0 saturated heterocycles. The summed E-state index contributed by atoms with van der Waals surface area (Å²) in [6.07, 6.45) is 1.83. The highest BCUT2D eigenvalue weighted by molar-refractivity contribution is 5.83. The fraction of sp³-hybridized carbons (Fsp3) is 0.316. The third kappa shape index (κ3) is 4.15. The molecule has 130 valence electrons. The van der Waals surface area contributed by atoms with Crippen molar-refractivity contribution in [2.45, 2.75) is 33.9 Å². The van der Waals surface area contributed by atoms with Crippen LogP contribution in [0.15, 0.2) is 45.9 Å². The SMILES string of the molecule is CCNC(=NCc1ccnc2ccccc12)NCc1nc(C)c(C)o1. The first-order chi connectivity index (χ1) is 12.2. The Morgan fingerprint density at radius 1 is 1.16 bits per heavy atom. The van der Waals surface area contributed by atoms with Gasteiger partial charge in [-0.25, -0.2) is 9.98 Å². The number of benzene rings is 1. The fourth-order valence-electron chi connectivity index (χ4n) is 2.57. The number of fused-ring (bicyclic) bond motifs is 1. The van der Waals surface area contributed by atoms with E-state index in [0.717, 1.165) is 40.4 Å². The summed E-state index contributed by atoms with van der Waals surface area (Å²) in [5.41, 5.74) is 3.05. The molecule has 25 heavy (non-hydrogen) atoms. The molecule has 0 saturated carbocycles. The van der Waals surface area contributed by atoms with E-state index in [9.17, 15) is 0 Å². The summed E-state index contributed by atoms with van der Waals surface area (Å²) in [6.45, 7) is 7.75. The van der Waals surface area contributed by atoms with Crippen LogP contribution in [0, 0.1) is 13.8 Å². The maximum Gasteiger partial charge on any atom is 0.214 e. The van der Waals surface area contributed by atoms with E-state index in [0.29, 0.717) is 19.0 Å². The van der Waals surface area contributed by atoms with Gasteiger partial charge in [0, 0.05) is 18.1 Å². The number of aliphatic imine (C=N–C) groups is 1. The Hall–Kier alpha value is -2.89. The van der Waals surface area contributed by atoms with E-state index in [4.69, 9.17) is 4.42 Å². The first kappa shape index (κ1) is 17.0. The van der Waals surface area contributed by atoms with Crippen LogP contribution in [0.1, 0.15) is 29.8 Å². The lowest BCUT2D eigenvalue weighted by molar-refractivity contribution is 0.463. The standard InChI is InChI=1S/C19H23N5O/c1-4-20-19(23-12-18-24-13(2)14(3)25-18)22-11-15-9-10-21-17-8-6-5-7-16(15)17/h5-10H,4,11-12H2,1-3H3,(H2,20,22,23). The number of hydrogen-bond donors (Lipinski definition) is 2. The summed E-state index contributed by atoms with van der Waals surface area (Å²) in [6, 6.07) is 10.1. The lowest BCUT2D eigenvalue weighted by atomic mass is 10.1. The van der Waals surface area contributed by atoms with E-state index in [-0.39, 0.29) is 0 Å². The van der Waals surface area contributed by atoms with Crippen molar-refractivity contribution in [3.05, 3.63) is 59.4 Å². The number of aromatic nitrogens is 2. The summed E-state index contributed by atoms with van der Waals surface area (Å²) in [7, 11) is 0. The Balaban J connectivity index is 1.73. The van der Waals surface area contributed by atoms with E-state index in [1.54, 1.807) is 0 Å². The molecule has 1 aromatic carbocycles. The van der Waals surface area contributed by atoms with Gasteiger partial charge in [0.2, 0.25) is 5.89 Å². The summed E-state index contributed by atoms with van der Waals surface area (Å²) in [5.74, 6) is 2.24. The molecular weight excluding hydrogens is 314 g/mol. The van der Waals surface area contributed by atoms with E-state index >= 15 is 0 Å². The Labute approximate surface area is 147 Å². The Kier molecular flexibility index (Phi) is 5.28. The second-order valence-corrected chi connectivity index (χ2v) is 5.79. The highest BCUT2D eigenvalue weighted by Gasteiger charge is 2.07. The van der Waals surface area contributed by atoms with E-state index < -0.39 is 0 Å². The van der Waals surface area contributed by atoms with Crippen LogP contribution in [0.25, 0.3) is 10.9 Å². The number of aryl methyl sites for hydroxylation is 2. The van der Waals surface area contributed by atoms with Gasteiger partial charge in [-0.05, 0) is 38.5 Å². The predicted octanol–water partition coefficient (Wildman–Crippen LogP) is 3.09. The molecule has 0 amide bonds. The van der Waals surface area contributed by atoms with Gasteiger partial charge in [-0.3, -0.25) is 4.98 Å². The van der Waals surface area contributed by atoms with Gasteiger partial charge in [0.05, 0.1) is 24.3 Å². The van der Waals surface area contributed by atoms with Crippen LogP contribution in [0.2, 0.25) is 0 Å². The lowest BCUT2D eigenvalue weighted by Gasteiger charge is -2.10. The van der Waals surface area contributed by atoms with Gasteiger partial charge >= 0.3 is 0 Å². The van der Waals surface area contributed by atoms with Crippen LogP contribution < -0.4 is 10.6 Å². The molecule has 0 fully saturated rings. The zero-order valence-electron chi connectivity index (χ0n) is 14.8. The van der Waals surface area contributed by atoms with Gasteiger partial charge in [-0.15, -0.1) is 0 Å². The van der Waals surface area contributed by atoms with Crippen molar-refractivity contribution in [3.63, 3.8) is 0 Å². The molecule has 3 aromatic rings. The van der Waals surface area contributed by atoms with Gasteiger partial charge in [-0.1, -0.05) is 18.2 Å². The van der Waals surface area contributed by atoms with Crippen LogP contribution in [-0.4, -0.2) is 22.5 Å². The van der Waals surface area contributed by atoms with Crippen molar-refractivity contribution < 1.29 is 4.42 Å². The van der Waals surface area contributed by atoms with Crippen molar-refractivity contribution in [2.24, 2.45) is 4.99 Å². The minimum Gasteiger partial charge on any atom is -0.444 e. The Bertz CT molecular complexity index is 860. The quantitative estimate of drug-likeness (QED) is 0.553. The van der Waals surface area contributed by atoms with E-state index in [1.165, 1.54) is 0 Å². The highest BCUT2D eigenvalue weighted by atomic mass is 16.4. The van der Waals surface area contributed by atoms with Crippen LogP contribution in [-0.2, 0) is 13.1 Å². The molecule has 6 heteroatoms. The Morgan fingerprint density at radius 3 is 2.76 bits per heavy atom. The van der Waals surface area contributed by atoms with E-state index in [1.807, 2.05) is 51.2 Å².